The average Bonchev–Trinajstić information content (AvgIpc) is 3.35. The summed E-state index contributed by atoms with van der Waals surface area (Å²) in [5.41, 5.74) is 1.03. The number of hydrogen-bond acceptors (Lipinski definition) is 5. The van der Waals surface area contributed by atoms with Gasteiger partial charge in [-0.2, -0.15) is 5.10 Å². The van der Waals surface area contributed by atoms with Gasteiger partial charge in [-0.3, -0.25) is 4.57 Å². The minimum atomic E-state index is 0.0175. The first kappa shape index (κ1) is 22.1. The fourth-order valence-electron chi connectivity index (χ4n) is 3.83. The second-order valence-corrected chi connectivity index (χ2v) is 7.74. The zero-order valence-electron chi connectivity index (χ0n) is 18.5. The first-order chi connectivity index (χ1) is 14.7. The predicted molar refractivity (Wildman–Crippen MR) is 117 cm³/mol. The molecule has 2 aromatic rings. The Bertz CT molecular complexity index is 876. The van der Waals surface area contributed by atoms with Crippen LogP contribution in [-0.4, -0.2) is 38.6 Å². The maximum absolute atomic E-state index is 12.4. The Morgan fingerprint density at radius 2 is 2.10 bits per heavy atom. The first-order valence-electron chi connectivity index (χ1n) is 11.3. The van der Waals surface area contributed by atoms with Crippen molar-refractivity contribution >= 4 is 5.96 Å². The third-order valence-electron chi connectivity index (χ3n) is 5.59. The van der Waals surface area contributed by atoms with Crippen molar-refractivity contribution in [3.05, 3.63) is 33.8 Å². The normalized spacial score (nSPS) is 14.2. The Morgan fingerprint density at radius 3 is 2.83 bits per heavy atom. The van der Waals surface area contributed by atoms with Crippen LogP contribution in [0.15, 0.2) is 20.4 Å². The first-order valence-corrected chi connectivity index (χ1v) is 11.3. The van der Waals surface area contributed by atoms with Crippen LogP contribution in [0.5, 0.6) is 0 Å². The molecule has 3 rings (SSSR count). The summed E-state index contributed by atoms with van der Waals surface area (Å²) in [6.45, 7) is 9.68. The van der Waals surface area contributed by atoms with E-state index in [0.29, 0.717) is 25.6 Å². The minimum Gasteiger partial charge on any atom is -0.359 e. The molecule has 166 valence electrons. The van der Waals surface area contributed by atoms with E-state index in [1.165, 1.54) is 0 Å². The van der Waals surface area contributed by atoms with E-state index in [1.807, 2.05) is 17.6 Å². The largest absolute Gasteiger partial charge is 0.359 e. The van der Waals surface area contributed by atoms with Crippen LogP contribution in [-0.2, 0) is 26.1 Å². The number of nitrogens with one attached hydrogen (secondary N) is 2. The fraction of sp³-hybridized carbons (Fsp3) is 0.714. The number of nitrogens with zero attached hydrogens (tertiary/aromatic N) is 5. The van der Waals surface area contributed by atoms with Crippen molar-refractivity contribution in [3.8, 4) is 0 Å². The summed E-state index contributed by atoms with van der Waals surface area (Å²) in [4.78, 5) is 17.0. The van der Waals surface area contributed by atoms with E-state index < -0.39 is 0 Å². The molecule has 0 saturated carbocycles. The second kappa shape index (κ2) is 11.0. The molecule has 0 aliphatic carbocycles. The molecule has 0 fully saturated rings. The summed E-state index contributed by atoms with van der Waals surface area (Å²) in [7, 11) is 0. The second-order valence-electron chi connectivity index (χ2n) is 7.74. The number of aryl methyl sites for hydroxylation is 2. The highest BCUT2D eigenvalue weighted by atomic mass is 16.5. The van der Waals surface area contributed by atoms with Crippen LogP contribution in [0.1, 0.15) is 76.1 Å². The topological polar surface area (TPSA) is 102 Å². The van der Waals surface area contributed by atoms with Crippen molar-refractivity contribution in [2.24, 2.45) is 4.99 Å². The van der Waals surface area contributed by atoms with Gasteiger partial charge in [-0.15, -0.1) is 0 Å². The van der Waals surface area contributed by atoms with Gasteiger partial charge in [0.05, 0.1) is 5.69 Å². The lowest BCUT2D eigenvalue weighted by atomic mass is 9.99. The van der Waals surface area contributed by atoms with Crippen molar-refractivity contribution < 1.29 is 4.52 Å². The molecule has 2 aromatic heterocycles. The Morgan fingerprint density at radius 1 is 1.27 bits per heavy atom. The molecule has 9 heteroatoms. The van der Waals surface area contributed by atoms with Crippen LogP contribution >= 0.6 is 0 Å². The lowest BCUT2D eigenvalue weighted by Crippen LogP contribution is -2.38. The lowest BCUT2D eigenvalue weighted by Gasteiger charge is -2.10. The van der Waals surface area contributed by atoms with E-state index in [9.17, 15) is 4.79 Å². The molecule has 0 radical (unpaired) electrons. The van der Waals surface area contributed by atoms with Gasteiger partial charge in [0.15, 0.2) is 11.7 Å². The van der Waals surface area contributed by atoms with Gasteiger partial charge < -0.3 is 15.2 Å². The quantitative estimate of drug-likeness (QED) is 0.350. The fourth-order valence-corrected chi connectivity index (χ4v) is 3.83. The lowest BCUT2D eigenvalue weighted by molar-refractivity contribution is 0.372. The zero-order chi connectivity index (χ0) is 21.3. The highest BCUT2D eigenvalue weighted by molar-refractivity contribution is 5.79. The third kappa shape index (κ3) is 5.52. The van der Waals surface area contributed by atoms with Crippen LogP contribution in [0.25, 0.3) is 0 Å². The summed E-state index contributed by atoms with van der Waals surface area (Å²) in [6.07, 6.45) is 5.98. The van der Waals surface area contributed by atoms with Gasteiger partial charge in [0.2, 0.25) is 0 Å². The number of aromatic nitrogens is 4. The van der Waals surface area contributed by atoms with Crippen molar-refractivity contribution in [1.29, 1.82) is 0 Å². The molecule has 30 heavy (non-hydrogen) atoms. The van der Waals surface area contributed by atoms with E-state index >= 15 is 0 Å². The smallest absolute Gasteiger partial charge is 0.345 e. The Hall–Kier alpha value is -2.58. The number of hydrogen-bond donors (Lipinski definition) is 2. The molecule has 1 aliphatic rings. The molecule has 9 nitrogen and oxygen atoms in total. The van der Waals surface area contributed by atoms with Gasteiger partial charge in [0.1, 0.15) is 12.4 Å². The predicted octanol–water partition coefficient (Wildman–Crippen LogP) is 2.42. The summed E-state index contributed by atoms with van der Waals surface area (Å²) >= 11 is 0. The molecule has 0 amide bonds. The highest BCUT2D eigenvalue weighted by Crippen LogP contribution is 2.22. The van der Waals surface area contributed by atoms with Crippen molar-refractivity contribution in [1.82, 2.24) is 30.1 Å². The monoisotopic (exact) mass is 417 g/mol. The van der Waals surface area contributed by atoms with E-state index in [1.54, 1.807) is 4.68 Å². The number of fused-ring (bicyclic) bond motifs is 1. The molecular weight excluding hydrogens is 382 g/mol. The van der Waals surface area contributed by atoms with Crippen LogP contribution in [0.2, 0.25) is 0 Å². The molecular formula is C21H35N7O2. The van der Waals surface area contributed by atoms with Gasteiger partial charge in [0, 0.05) is 44.6 Å². The molecule has 0 bridgehead atoms. The maximum Gasteiger partial charge on any atom is 0.345 e. The molecule has 3 heterocycles. The Labute approximate surface area is 177 Å². The van der Waals surface area contributed by atoms with Crippen molar-refractivity contribution in [2.75, 3.05) is 13.1 Å². The molecule has 0 aromatic carbocycles. The van der Waals surface area contributed by atoms with E-state index in [0.717, 1.165) is 74.9 Å². The van der Waals surface area contributed by atoms with Crippen LogP contribution in [0.4, 0.5) is 0 Å². The van der Waals surface area contributed by atoms with Gasteiger partial charge >= 0.3 is 5.69 Å². The van der Waals surface area contributed by atoms with Crippen molar-refractivity contribution in [2.45, 2.75) is 84.8 Å². The van der Waals surface area contributed by atoms with Gasteiger partial charge in [-0.25, -0.2) is 14.5 Å². The molecule has 1 aliphatic heterocycles. The van der Waals surface area contributed by atoms with Crippen LogP contribution in [0, 0.1) is 0 Å². The molecule has 0 atom stereocenters. The van der Waals surface area contributed by atoms with E-state index in [-0.39, 0.29) is 5.69 Å². The molecule has 0 unspecified atom stereocenters. The summed E-state index contributed by atoms with van der Waals surface area (Å²) in [5, 5.41) is 15.2. The van der Waals surface area contributed by atoms with Crippen LogP contribution in [0.3, 0.4) is 0 Å². The highest BCUT2D eigenvalue weighted by Gasteiger charge is 2.16. The minimum absolute atomic E-state index is 0.0175. The van der Waals surface area contributed by atoms with Gasteiger partial charge in [-0.1, -0.05) is 19.0 Å². The van der Waals surface area contributed by atoms with Crippen molar-refractivity contribution in [3.63, 3.8) is 0 Å². The summed E-state index contributed by atoms with van der Waals surface area (Å²) < 4.78 is 8.87. The maximum atomic E-state index is 12.4. The number of aliphatic imine (C=N–C) groups is 1. The van der Waals surface area contributed by atoms with Gasteiger partial charge in [-0.05, 0) is 39.0 Å². The number of guanidine groups is 1. The SMILES string of the molecule is CCNC(=NCc1cc(C(CC)CC)no1)NCCCn1nc2n(c1=O)CCCC2. The summed E-state index contributed by atoms with van der Waals surface area (Å²) in [6, 6.07) is 2.01. The van der Waals surface area contributed by atoms with E-state index in [4.69, 9.17) is 4.52 Å². The third-order valence-corrected chi connectivity index (χ3v) is 5.59. The average molecular weight is 418 g/mol. The van der Waals surface area contributed by atoms with Crippen LogP contribution < -0.4 is 16.3 Å². The zero-order valence-corrected chi connectivity index (χ0v) is 18.5. The molecule has 2 N–H and O–H groups in total. The van der Waals surface area contributed by atoms with E-state index in [2.05, 4.69) is 39.7 Å². The molecule has 0 saturated heterocycles. The van der Waals surface area contributed by atoms with Gasteiger partial charge in [0.25, 0.3) is 0 Å². The Kier molecular flexibility index (Phi) is 8.10. The standard InChI is InChI=1S/C21H35N7O2/c1-4-16(5-2)18-14-17(30-26-18)15-24-20(22-6-3)23-11-9-13-28-21(29)27-12-8-7-10-19(27)25-28/h14,16H,4-13,15H2,1-3H3,(H2,22,23,24). The summed E-state index contributed by atoms with van der Waals surface area (Å²) in [5.74, 6) is 2.86. The number of rotatable bonds is 10. The molecule has 0 spiro atoms. The Balaban J connectivity index is 1.50.